The number of H-pyrrole nitrogens is 2. The summed E-state index contributed by atoms with van der Waals surface area (Å²) in [6.45, 7) is 15.8. The first-order valence-electron chi connectivity index (χ1n) is 20.9. The highest BCUT2D eigenvalue weighted by Gasteiger charge is 2.34. The summed E-state index contributed by atoms with van der Waals surface area (Å²) in [6, 6.07) is 5.84. The van der Waals surface area contributed by atoms with Crippen LogP contribution in [0, 0.1) is 13.8 Å². The van der Waals surface area contributed by atoms with Crippen molar-refractivity contribution < 1.29 is 34.1 Å². The molecule has 59 heavy (non-hydrogen) atoms. The number of carbonyl (C=O) groups is 4. The van der Waals surface area contributed by atoms with Gasteiger partial charge in [0.05, 0.1) is 48.5 Å². The number of aliphatic hydroxyl groups is 2. The smallest absolute Gasteiger partial charge is 0.310 e. The molecule has 6 rings (SSSR count). The van der Waals surface area contributed by atoms with Crippen LogP contribution in [0.3, 0.4) is 0 Å². The van der Waals surface area contributed by atoms with E-state index in [0.29, 0.717) is 63.1 Å². The number of hydrogen-bond acceptors (Lipinski definition) is 11. The van der Waals surface area contributed by atoms with E-state index in [9.17, 15) is 29.4 Å². The minimum Gasteiger partial charge on any atom is -0.469 e. The minimum absolute atomic E-state index is 0.0210. The molecule has 2 amide bonds. The number of esters is 1. The van der Waals surface area contributed by atoms with Crippen LogP contribution in [0.4, 0.5) is 0 Å². The first-order valence-corrected chi connectivity index (χ1v) is 20.9. The Kier molecular flexibility index (Phi) is 14.0. The Morgan fingerprint density at radius 3 is 2.24 bits per heavy atom. The second-order valence-electron chi connectivity index (χ2n) is 16.2. The molecule has 0 saturated carbocycles. The van der Waals surface area contributed by atoms with E-state index in [1.807, 2.05) is 39.0 Å². The van der Waals surface area contributed by atoms with E-state index in [2.05, 4.69) is 44.7 Å². The zero-order valence-corrected chi connectivity index (χ0v) is 35.4. The van der Waals surface area contributed by atoms with Crippen LogP contribution < -0.4 is 16.0 Å². The van der Waals surface area contributed by atoms with Crippen molar-refractivity contribution in [3.8, 4) is 0 Å². The van der Waals surface area contributed by atoms with E-state index in [-0.39, 0.29) is 60.3 Å². The Morgan fingerprint density at radius 2 is 1.56 bits per heavy atom. The van der Waals surface area contributed by atoms with Crippen molar-refractivity contribution in [1.82, 2.24) is 40.8 Å². The van der Waals surface area contributed by atoms with Crippen molar-refractivity contribution in [2.45, 2.75) is 97.0 Å². The van der Waals surface area contributed by atoms with Crippen LogP contribution in [0.1, 0.15) is 131 Å². The van der Waals surface area contributed by atoms with Crippen LogP contribution in [0.5, 0.6) is 0 Å². The highest BCUT2D eigenvalue weighted by molar-refractivity contribution is 6.06. The zero-order valence-electron chi connectivity index (χ0n) is 35.4. The molecule has 8 bridgehead atoms. The van der Waals surface area contributed by atoms with E-state index in [1.165, 1.54) is 7.11 Å². The number of fused-ring (bicyclic) bond motifs is 8. The van der Waals surface area contributed by atoms with E-state index < -0.39 is 24.6 Å². The monoisotopic (exact) mass is 812 g/mol. The maximum absolute atomic E-state index is 14.2. The van der Waals surface area contributed by atoms with Gasteiger partial charge in [0.15, 0.2) is 5.78 Å². The van der Waals surface area contributed by atoms with E-state index in [4.69, 9.17) is 14.7 Å². The molecule has 7 N–H and O–H groups in total. The van der Waals surface area contributed by atoms with E-state index >= 15 is 0 Å². The van der Waals surface area contributed by atoms with Gasteiger partial charge in [0, 0.05) is 115 Å². The number of Topliss-reactive ketones (excluding diaryl/α,β-unsaturated/α-hetero) is 1. The topological polar surface area (TPSA) is 215 Å². The van der Waals surface area contributed by atoms with Gasteiger partial charge >= 0.3 is 5.97 Å². The number of amides is 2. The fourth-order valence-electron chi connectivity index (χ4n) is 8.88. The van der Waals surface area contributed by atoms with Gasteiger partial charge in [-0.3, -0.25) is 34.0 Å². The third-order valence-electron chi connectivity index (χ3n) is 12.4. The summed E-state index contributed by atoms with van der Waals surface area (Å²) in [6.07, 6.45) is -0.0204. The summed E-state index contributed by atoms with van der Waals surface area (Å²) in [5, 5.41) is 28.9. The number of ketones is 1. The van der Waals surface area contributed by atoms with Crippen molar-refractivity contribution in [2.24, 2.45) is 0 Å². The number of rotatable bonds is 14. The molecular weight excluding hydrogens is 753 g/mol. The van der Waals surface area contributed by atoms with Crippen LogP contribution in [0.25, 0.3) is 22.1 Å². The number of carbonyl (C=O) groups excluding carboxylic acids is 4. The van der Waals surface area contributed by atoms with Crippen LogP contribution in [0.15, 0.2) is 18.2 Å². The number of nitrogens with one attached hydrogen (secondary N) is 5. The van der Waals surface area contributed by atoms with Crippen molar-refractivity contribution in [2.75, 3.05) is 59.5 Å². The molecule has 15 nitrogen and oxygen atoms in total. The first-order chi connectivity index (χ1) is 28.3. The van der Waals surface area contributed by atoms with Gasteiger partial charge in [-0.2, -0.15) is 0 Å². The maximum atomic E-state index is 14.2. The molecule has 0 radical (unpaired) electrons. The molecular formula is C44H60N8O7. The number of ether oxygens (including phenoxy) is 1. The van der Waals surface area contributed by atoms with Crippen molar-refractivity contribution >= 4 is 45.6 Å². The van der Waals surface area contributed by atoms with Gasteiger partial charge in [0.2, 0.25) is 5.91 Å². The third-order valence-corrected chi connectivity index (χ3v) is 12.4. The predicted molar refractivity (Wildman–Crippen MR) is 226 cm³/mol. The summed E-state index contributed by atoms with van der Waals surface area (Å²) in [4.78, 5) is 73.8. The summed E-state index contributed by atoms with van der Waals surface area (Å²) in [5.74, 6) is -1.76. The van der Waals surface area contributed by atoms with Crippen LogP contribution in [-0.2, 0) is 20.7 Å². The van der Waals surface area contributed by atoms with Gasteiger partial charge in [-0.15, -0.1) is 0 Å². The van der Waals surface area contributed by atoms with E-state index in [1.54, 1.807) is 6.92 Å². The molecule has 15 heteroatoms. The lowest BCUT2D eigenvalue weighted by Gasteiger charge is -2.27. The lowest BCUT2D eigenvalue weighted by atomic mass is 9.85. The van der Waals surface area contributed by atoms with Crippen LogP contribution >= 0.6 is 0 Å². The Morgan fingerprint density at radius 1 is 0.915 bits per heavy atom. The molecule has 0 aliphatic carbocycles. The summed E-state index contributed by atoms with van der Waals surface area (Å²) in [7, 11) is 1.31. The number of aromatic nitrogens is 4. The van der Waals surface area contributed by atoms with Crippen molar-refractivity contribution in [1.29, 1.82) is 0 Å². The van der Waals surface area contributed by atoms with Crippen molar-refractivity contribution in [3.63, 3.8) is 0 Å². The Balaban J connectivity index is 1.60. The second kappa shape index (κ2) is 19.0. The second-order valence-corrected chi connectivity index (χ2v) is 16.2. The molecule has 6 heterocycles. The Bertz CT molecular complexity index is 2240. The molecule has 3 aliphatic heterocycles. The molecule has 1 saturated heterocycles. The number of methoxy groups -OCH3 is 1. The van der Waals surface area contributed by atoms with Gasteiger partial charge in [0.25, 0.3) is 5.91 Å². The number of hydrogen-bond donors (Lipinski definition) is 7. The highest BCUT2D eigenvalue weighted by Crippen LogP contribution is 2.43. The lowest BCUT2D eigenvalue weighted by molar-refractivity contribution is -0.139. The molecule has 318 valence electrons. The molecule has 0 spiro atoms. The zero-order chi connectivity index (χ0) is 42.5. The molecule has 1 fully saturated rings. The largest absolute Gasteiger partial charge is 0.469 e. The fraction of sp³-hybridized carbons (Fsp3) is 0.545. The average molecular weight is 813 g/mol. The number of aromatic amines is 2. The third kappa shape index (κ3) is 9.43. The van der Waals surface area contributed by atoms with Gasteiger partial charge < -0.3 is 40.9 Å². The molecule has 0 aromatic carbocycles. The Hall–Kier alpha value is -4.96. The van der Waals surface area contributed by atoms with Crippen molar-refractivity contribution in [3.05, 3.63) is 68.8 Å². The first kappa shape index (κ1) is 43.6. The number of nitrogens with zero attached hydrogens (tertiary/aromatic N) is 3. The molecule has 5 atom stereocenters. The summed E-state index contributed by atoms with van der Waals surface area (Å²) < 4.78 is 5.23. The standard InChI is InChI=1S/C44H60N8O7/c1-8-29-23(2)32-20-37-40(27(6)54)25(4)34(49-37)18-33-24(3)30(9-10-38(56)46-13-16-52-14-11-45-12-15-52)42(50-33)31(17-39(57)59-7)43-41(44(58)47-21-28(55)22-53)26(5)35(51-43)19-36(29)48-32/h18-20,23-24,28-30,45,49,51,53,55H,8-17,21-22H2,1-7H3,(H,46,56)(H,47,58)/t23-,24+,28?,29-,30+/m1/s1. The molecule has 3 aromatic heterocycles. The van der Waals surface area contributed by atoms with Gasteiger partial charge in [0.1, 0.15) is 0 Å². The SMILES string of the molecule is CC[C@H]1c2cc3[nH]c(c(CC(=O)OC)c4nc(cc5[nH]c(cc(n2)[C@@H]1C)c(C(C)=O)c5C)[C@@H](C)[C@@H]4CCC(=O)NCCN1CCNCC1)c(C(=O)NCC(O)CO)c3C. The fourth-order valence-corrected chi connectivity index (χ4v) is 8.88. The average Bonchev–Trinajstić information content (AvgIpc) is 3.91. The van der Waals surface area contributed by atoms with Crippen LogP contribution in [-0.4, -0.2) is 124 Å². The molecule has 3 aliphatic rings. The minimum atomic E-state index is -1.17. The lowest BCUT2D eigenvalue weighted by Crippen LogP contribution is -2.46. The maximum Gasteiger partial charge on any atom is 0.310 e. The number of aryl methyl sites for hydroxylation is 2. The van der Waals surface area contributed by atoms with E-state index in [0.717, 1.165) is 56.1 Å². The quantitative estimate of drug-likeness (QED) is 0.0916. The summed E-state index contributed by atoms with van der Waals surface area (Å²) in [5.41, 5.74) is 7.86. The number of aliphatic hydroxyl groups excluding tert-OH is 2. The van der Waals surface area contributed by atoms with Gasteiger partial charge in [-0.1, -0.05) is 20.8 Å². The van der Waals surface area contributed by atoms with Gasteiger partial charge in [-0.05, 0) is 62.9 Å². The molecule has 3 aromatic rings. The van der Waals surface area contributed by atoms with Gasteiger partial charge in [-0.25, -0.2) is 0 Å². The number of piperazine rings is 1. The predicted octanol–water partition coefficient (Wildman–Crippen LogP) is 3.92. The summed E-state index contributed by atoms with van der Waals surface area (Å²) >= 11 is 0. The highest BCUT2D eigenvalue weighted by atomic mass is 16.5. The normalized spacial score (nSPS) is 19.9. The molecule has 1 unspecified atom stereocenters. The van der Waals surface area contributed by atoms with Crippen LogP contribution in [0.2, 0.25) is 0 Å². The Labute approximate surface area is 345 Å².